The predicted molar refractivity (Wildman–Crippen MR) is 79.0 cm³/mol. The van der Waals surface area contributed by atoms with E-state index in [-0.39, 0.29) is 18.2 Å². The summed E-state index contributed by atoms with van der Waals surface area (Å²) in [5, 5.41) is 0. The average Bonchev–Trinajstić information content (AvgIpc) is 2.47. The van der Waals surface area contributed by atoms with Crippen molar-refractivity contribution < 1.29 is 14.3 Å². The molecule has 104 valence electrons. The Morgan fingerprint density at radius 1 is 0.900 bits per heavy atom. The number of nitrogen functional groups attached to an aromatic ring is 1. The van der Waals surface area contributed by atoms with Crippen LogP contribution >= 0.6 is 12.4 Å². The highest BCUT2D eigenvalue weighted by atomic mass is 35.5. The second-order valence-corrected chi connectivity index (χ2v) is 4.31. The zero-order valence-electron chi connectivity index (χ0n) is 10.7. The quantitative estimate of drug-likeness (QED) is 0.682. The Balaban J connectivity index is 0.00000147. The van der Waals surface area contributed by atoms with E-state index in [0.717, 1.165) is 0 Å². The molecule has 0 unspecified atom stereocenters. The van der Waals surface area contributed by atoms with E-state index in [1.54, 1.807) is 42.5 Å². The smallest absolute Gasteiger partial charge is 0.193 e. The molecule has 1 aliphatic heterocycles. The second kappa shape index (κ2) is 5.84. The molecule has 0 saturated heterocycles. The normalized spacial score (nSPS) is 12.4. The minimum absolute atomic E-state index is 0. The van der Waals surface area contributed by atoms with Crippen molar-refractivity contribution in [3.05, 3.63) is 53.6 Å². The molecule has 1 heterocycles. The Morgan fingerprint density at radius 2 is 1.50 bits per heavy atom. The topological polar surface area (TPSA) is 61.6 Å². The lowest BCUT2D eigenvalue weighted by Crippen LogP contribution is -2.15. The van der Waals surface area contributed by atoms with E-state index in [1.165, 1.54) is 0 Å². The van der Waals surface area contributed by atoms with E-state index in [4.69, 9.17) is 15.2 Å². The van der Waals surface area contributed by atoms with Gasteiger partial charge in [-0.15, -0.1) is 12.4 Å². The van der Waals surface area contributed by atoms with Gasteiger partial charge >= 0.3 is 0 Å². The van der Waals surface area contributed by atoms with Gasteiger partial charge in [-0.3, -0.25) is 4.79 Å². The third-order valence-electron chi connectivity index (χ3n) is 2.98. The van der Waals surface area contributed by atoms with Gasteiger partial charge in [-0.2, -0.15) is 0 Å². The summed E-state index contributed by atoms with van der Waals surface area (Å²) >= 11 is 0. The Bertz CT molecular complexity index is 626. The summed E-state index contributed by atoms with van der Waals surface area (Å²) in [5.41, 5.74) is 7.43. The van der Waals surface area contributed by atoms with Crippen LogP contribution in [-0.4, -0.2) is 19.0 Å². The standard InChI is InChI=1S/C15H13NO3.ClH/c16-12-4-1-10(2-5-12)15(17)11-3-6-13-14(9-11)19-8-7-18-13;/h1-6,9H,7-8,16H2;1H. The van der Waals surface area contributed by atoms with Crippen molar-refractivity contribution in [1.82, 2.24) is 0 Å². The van der Waals surface area contributed by atoms with E-state index in [0.29, 0.717) is 41.5 Å². The number of nitrogens with two attached hydrogens (primary N) is 1. The summed E-state index contributed by atoms with van der Waals surface area (Å²) in [6.07, 6.45) is 0. The molecule has 2 N–H and O–H groups in total. The van der Waals surface area contributed by atoms with Crippen LogP contribution in [0.25, 0.3) is 0 Å². The Morgan fingerprint density at radius 3 is 2.20 bits per heavy atom. The molecule has 4 nitrogen and oxygen atoms in total. The van der Waals surface area contributed by atoms with Gasteiger partial charge in [0.05, 0.1) is 0 Å². The summed E-state index contributed by atoms with van der Waals surface area (Å²) < 4.78 is 10.9. The maximum Gasteiger partial charge on any atom is 0.193 e. The van der Waals surface area contributed by atoms with Crippen LogP contribution in [0, 0.1) is 0 Å². The first-order valence-corrected chi connectivity index (χ1v) is 6.04. The number of halogens is 1. The molecule has 0 atom stereocenters. The maximum atomic E-state index is 12.3. The summed E-state index contributed by atoms with van der Waals surface area (Å²) in [6.45, 7) is 1.05. The molecule has 0 fully saturated rings. The first-order chi connectivity index (χ1) is 9.24. The number of fused-ring (bicyclic) bond motifs is 1. The molecule has 0 aliphatic carbocycles. The van der Waals surface area contributed by atoms with Crippen LogP contribution < -0.4 is 15.2 Å². The number of ketones is 1. The largest absolute Gasteiger partial charge is 0.486 e. The summed E-state index contributed by atoms with van der Waals surface area (Å²) in [4.78, 5) is 12.3. The number of benzene rings is 2. The molecule has 0 saturated carbocycles. The van der Waals surface area contributed by atoms with Crippen molar-refractivity contribution >= 4 is 23.9 Å². The Kier molecular flexibility index (Phi) is 4.15. The Labute approximate surface area is 122 Å². The molecular weight excluding hydrogens is 278 g/mol. The van der Waals surface area contributed by atoms with Crippen molar-refractivity contribution in [2.45, 2.75) is 0 Å². The van der Waals surface area contributed by atoms with E-state index < -0.39 is 0 Å². The van der Waals surface area contributed by atoms with Gasteiger partial charge in [-0.05, 0) is 42.5 Å². The zero-order chi connectivity index (χ0) is 13.2. The first kappa shape index (κ1) is 14.2. The zero-order valence-corrected chi connectivity index (χ0v) is 11.5. The molecule has 1 aliphatic rings. The monoisotopic (exact) mass is 291 g/mol. The fraction of sp³-hybridized carbons (Fsp3) is 0.133. The van der Waals surface area contributed by atoms with Gasteiger partial charge in [0.2, 0.25) is 0 Å². The second-order valence-electron chi connectivity index (χ2n) is 4.31. The van der Waals surface area contributed by atoms with Crippen LogP contribution in [-0.2, 0) is 0 Å². The molecular formula is C15H14ClNO3. The van der Waals surface area contributed by atoms with E-state index in [1.807, 2.05) is 0 Å². The fourth-order valence-electron chi connectivity index (χ4n) is 1.99. The number of anilines is 1. The lowest BCUT2D eigenvalue weighted by Gasteiger charge is -2.18. The highest BCUT2D eigenvalue weighted by Crippen LogP contribution is 2.31. The number of ether oxygens (including phenoxy) is 2. The minimum atomic E-state index is -0.0584. The molecule has 5 heteroatoms. The summed E-state index contributed by atoms with van der Waals surface area (Å²) in [5.74, 6) is 1.24. The van der Waals surface area contributed by atoms with E-state index in [9.17, 15) is 4.79 Å². The van der Waals surface area contributed by atoms with Crippen molar-refractivity contribution in [2.75, 3.05) is 18.9 Å². The molecule has 20 heavy (non-hydrogen) atoms. The van der Waals surface area contributed by atoms with Crippen LogP contribution in [0.2, 0.25) is 0 Å². The molecule has 0 radical (unpaired) electrons. The van der Waals surface area contributed by atoms with E-state index >= 15 is 0 Å². The molecule has 2 aromatic rings. The number of hydrogen-bond donors (Lipinski definition) is 1. The van der Waals surface area contributed by atoms with Gasteiger partial charge in [0.25, 0.3) is 0 Å². The minimum Gasteiger partial charge on any atom is -0.486 e. The average molecular weight is 292 g/mol. The van der Waals surface area contributed by atoms with Crippen LogP contribution in [0.4, 0.5) is 5.69 Å². The maximum absolute atomic E-state index is 12.3. The number of rotatable bonds is 2. The number of carbonyl (C=O) groups is 1. The predicted octanol–water partition coefficient (Wildman–Crippen LogP) is 2.69. The van der Waals surface area contributed by atoms with Crippen LogP contribution in [0.3, 0.4) is 0 Å². The molecule has 2 aromatic carbocycles. The van der Waals surface area contributed by atoms with Gasteiger partial charge in [0, 0.05) is 16.8 Å². The van der Waals surface area contributed by atoms with Crippen molar-refractivity contribution in [2.24, 2.45) is 0 Å². The molecule has 0 amide bonds. The highest BCUT2D eigenvalue weighted by Gasteiger charge is 2.15. The molecule has 0 bridgehead atoms. The van der Waals surface area contributed by atoms with Crippen molar-refractivity contribution in [1.29, 1.82) is 0 Å². The number of hydrogen-bond acceptors (Lipinski definition) is 4. The first-order valence-electron chi connectivity index (χ1n) is 6.04. The Hall–Kier alpha value is -2.20. The van der Waals surface area contributed by atoms with Crippen LogP contribution in [0.1, 0.15) is 15.9 Å². The number of carbonyl (C=O) groups excluding carboxylic acids is 1. The fourth-order valence-corrected chi connectivity index (χ4v) is 1.99. The highest BCUT2D eigenvalue weighted by molar-refractivity contribution is 6.09. The molecule has 0 spiro atoms. The third-order valence-corrected chi connectivity index (χ3v) is 2.98. The molecule has 3 rings (SSSR count). The van der Waals surface area contributed by atoms with Crippen molar-refractivity contribution in [3.63, 3.8) is 0 Å². The summed E-state index contributed by atoms with van der Waals surface area (Å²) in [6, 6.07) is 12.1. The van der Waals surface area contributed by atoms with Gasteiger partial charge in [0.1, 0.15) is 13.2 Å². The third kappa shape index (κ3) is 2.70. The van der Waals surface area contributed by atoms with Crippen molar-refractivity contribution in [3.8, 4) is 11.5 Å². The van der Waals surface area contributed by atoms with Gasteiger partial charge in [0.15, 0.2) is 17.3 Å². The van der Waals surface area contributed by atoms with Crippen LogP contribution in [0.15, 0.2) is 42.5 Å². The summed E-state index contributed by atoms with van der Waals surface area (Å²) in [7, 11) is 0. The van der Waals surface area contributed by atoms with Gasteiger partial charge in [-0.25, -0.2) is 0 Å². The van der Waals surface area contributed by atoms with E-state index in [2.05, 4.69) is 0 Å². The van der Waals surface area contributed by atoms with Crippen LogP contribution in [0.5, 0.6) is 11.5 Å². The molecule has 0 aromatic heterocycles. The van der Waals surface area contributed by atoms with Gasteiger partial charge < -0.3 is 15.2 Å². The lowest BCUT2D eigenvalue weighted by molar-refractivity contribution is 0.103. The SMILES string of the molecule is Cl.Nc1ccc(C(=O)c2ccc3c(c2)OCCO3)cc1. The van der Waals surface area contributed by atoms with Gasteiger partial charge in [-0.1, -0.05) is 0 Å². The lowest BCUT2D eigenvalue weighted by atomic mass is 10.0.